The molecule has 1 fully saturated rings. The van der Waals surface area contributed by atoms with E-state index in [2.05, 4.69) is 22.3 Å². The molecule has 1 aromatic heterocycles. The van der Waals surface area contributed by atoms with E-state index in [1.165, 1.54) is 18.4 Å². The first-order chi connectivity index (χ1) is 9.78. The lowest BCUT2D eigenvalue weighted by Crippen LogP contribution is -2.25. The first-order valence-corrected chi connectivity index (χ1v) is 7.38. The molecule has 0 amide bonds. The van der Waals surface area contributed by atoms with E-state index in [0.29, 0.717) is 6.04 Å². The summed E-state index contributed by atoms with van der Waals surface area (Å²) in [5.74, 6) is 0.979. The molecule has 2 aromatic rings. The minimum atomic E-state index is 0.591. The van der Waals surface area contributed by atoms with Crippen molar-refractivity contribution in [2.24, 2.45) is 0 Å². The van der Waals surface area contributed by atoms with Crippen molar-refractivity contribution < 1.29 is 4.42 Å². The molecule has 106 valence electrons. The van der Waals surface area contributed by atoms with E-state index < -0.39 is 0 Å². The van der Waals surface area contributed by atoms with E-state index in [1.54, 1.807) is 6.26 Å². The summed E-state index contributed by atoms with van der Waals surface area (Å²) < 4.78 is 5.47. The predicted octanol–water partition coefficient (Wildman–Crippen LogP) is 3.82. The second kappa shape index (κ2) is 5.90. The molecular formula is C16H19ClN2O. The minimum Gasteiger partial charge on any atom is -0.467 e. The molecule has 20 heavy (non-hydrogen) atoms. The van der Waals surface area contributed by atoms with Crippen molar-refractivity contribution in [2.75, 3.05) is 11.9 Å². The van der Waals surface area contributed by atoms with Crippen LogP contribution < -0.4 is 10.2 Å². The van der Waals surface area contributed by atoms with Gasteiger partial charge in [0.15, 0.2) is 0 Å². The van der Waals surface area contributed by atoms with Crippen molar-refractivity contribution in [1.29, 1.82) is 0 Å². The van der Waals surface area contributed by atoms with Crippen molar-refractivity contribution >= 4 is 17.3 Å². The Morgan fingerprint density at radius 1 is 1.35 bits per heavy atom. The Balaban J connectivity index is 1.83. The van der Waals surface area contributed by atoms with Gasteiger partial charge in [0.1, 0.15) is 5.76 Å². The van der Waals surface area contributed by atoms with Crippen LogP contribution in [0.3, 0.4) is 0 Å². The molecule has 1 aromatic carbocycles. The van der Waals surface area contributed by atoms with Crippen molar-refractivity contribution in [3.8, 4) is 0 Å². The molecule has 0 radical (unpaired) electrons. The zero-order valence-electron chi connectivity index (χ0n) is 11.6. The lowest BCUT2D eigenvalue weighted by Gasteiger charge is -2.25. The van der Waals surface area contributed by atoms with E-state index in [-0.39, 0.29) is 0 Å². The van der Waals surface area contributed by atoms with Crippen LogP contribution in [0.5, 0.6) is 0 Å². The number of nitrogens with zero attached hydrogens (tertiary/aromatic N) is 1. The summed E-state index contributed by atoms with van der Waals surface area (Å²) in [7, 11) is 1.94. The largest absolute Gasteiger partial charge is 0.467 e. The molecule has 1 aliphatic rings. The molecule has 0 spiro atoms. The van der Waals surface area contributed by atoms with E-state index in [9.17, 15) is 0 Å². The summed E-state index contributed by atoms with van der Waals surface area (Å²) in [6, 6.07) is 10.8. The fraction of sp³-hybridized carbons (Fsp3) is 0.375. The number of hydrogen-bond donors (Lipinski definition) is 1. The Morgan fingerprint density at radius 2 is 2.20 bits per heavy atom. The third-order valence-electron chi connectivity index (χ3n) is 3.60. The highest BCUT2D eigenvalue weighted by Crippen LogP contribution is 2.37. The molecule has 1 saturated carbocycles. The van der Waals surface area contributed by atoms with Gasteiger partial charge < -0.3 is 14.6 Å². The lowest BCUT2D eigenvalue weighted by atomic mass is 10.2. The molecular weight excluding hydrogens is 272 g/mol. The SMILES string of the molecule is CNCc1ccc(N(Cc2ccco2)C2CC2)c(Cl)c1. The van der Waals surface area contributed by atoms with Gasteiger partial charge in [0.2, 0.25) is 0 Å². The van der Waals surface area contributed by atoms with Crippen molar-refractivity contribution in [3.63, 3.8) is 0 Å². The summed E-state index contributed by atoms with van der Waals surface area (Å²) >= 11 is 6.47. The molecule has 1 aliphatic carbocycles. The van der Waals surface area contributed by atoms with E-state index in [4.69, 9.17) is 16.0 Å². The number of anilines is 1. The van der Waals surface area contributed by atoms with E-state index in [0.717, 1.165) is 29.6 Å². The Morgan fingerprint density at radius 3 is 2.80 bits per heavy atom. The number of nitrogens with one attached hydrogen (secondary N) is 1. The maximum atomic E-state index is 6.47. The first kappa shape index (κ1) is 13.5. The molecule has 4 heteroatoms. The Labute approximate surface area is 124 Å². The van der Waals surface area contributed by atoms with E-state index in [1.807, 2.05) is 25.2 Å². The highest BCUT2D eigenvalue weighted by atomic mass is 35.5. The summed E-state index contributed by atoms with van der Waals surface area (Å²) in [6.07, 6.45) is 4.18. The van der Waals surface area contributed by atoms with Crippen molar-refractivity contribution in [3.05, 3.63) is 52.9 Å². The standard InChI is InChI=1S/C16H19ClN2O/c1-18-10-12-4-7-16(15(17)9-12)19(13-5-6-13)11-14-3-2-8-20-14/h2-4,7-9,13,18H,5-6,10-11H2,1H3. The molecule has 1 N–H and O–H groups in total. The van der Waals surface area contributed by atoms with Crippen LogP contribution in [0, 0.1) is 0 Å². The average molecular weight is 291 g/mol. The second-order valence-electron chi connectivity index (χ2n) is 5.25. The van der Waals surface area contributed by atoms with Crippen LogP contribution in [0.4, 0.5) is 5.69 Å². The van der Waals surface area contributed by atoms with Crippen LogP contribution >= 0.6 is 11.6 Å². The molecule has 0 bridgehead atoms. The van der Waals surface area contributed by atoms with Crippen molar-refractivity contribution in [1.82, 2.24) is 5.32 Å². The molecule has 3 rings (SSSR count). The topological polar surface area (TPSA) is 28.4 Å². The van der Waals surface area contributed by atoms with Gasteiger partial charge in [0.05, 0.1) is 23.5 Å². The third kappa shape index (κ3) is 3.00. The molecule has 0 aliphatic heterocycles. The monoisotopic (exact) mass is 290 g/mol. The number of hydrogen-bond acceptors (Lipinski definition) is 3. The third-order valence-corrected chi connectivity index (χ3v) is 3.90. The van der Waals surface area contributed by atoms with Crippen LogP contribution in [0.2, 0.25) is 5.02 Å². The molecule has 0 unspecified atom stereocenters. The van der Waals surface area contributed by atoms with Crippen LogP contribution in [0.25, 0.3) is 0 Å². The van der Waals surface area contributed by atoms with Gasteiger partial charge in [-0.1, -0.05) is 17.7 Å². The summed E-state index contributed by atoms with van der Waals surface area (Å²) in [6.45, 7) is 1.62. The predicted molar refractivity (Wildman–Crippen MR) is 82.1 cm³/mol. The highest BCUT2D eigenvalue weighted by molar-refractivity contribution is 6.33. The highest BCUT2D eigenvalue weighted by Gasteiger charge is 2.30. The van der Waals surface area contributed by atoms with Gasteiger partial charge in [-0.05, 0) is 49.7 Å². The maximum absolute atomic E-state index is 6.47. The van der Waals surface area contributed by atoms with Crippen LogP contribution in [0.1, 0.15) is 24.2 Å². The van der Waals surface area contributed by atoms with Gasteiger partial charge in [-0.15, -0.1) is 0 Å². The number of furan rings is 1. The normalized spacial score (nSPS) is 14.5. The van der Waals surface area contributed by atoms with Gasteiger partial charge in [-0.2, -0.15) is 0 Å². The quantitative estimate of drug-likeness (QED) is 0.877. The van der Waals surface area contributed by atoms with Gasteiger partial charge in [0, 0.05) is 12.6 Å². The van der Waals surface area contributed by atoms with Crippen LogP contribution in [0.15, 0.2) is 41.0 Å². The Kier molecular flexibility index (Phi) is 3.99. The summed E-state index contributed by atoms with van der Waals surface area (Å²) in [4.78, 5) is 2.35. The summed E-state index contributed by atoms with van der Waals surface area (Å²) in [5.41, 5.74) is 2.31. The summed E-state index contributed by atoms with van der Waals surface area (Å²) in [5, 5.41) is 3.96. The molecule has 0 saturated heterocycles. The van der Waals surface area contributed by atoms with Crippen LogP contribution in [-0.2, 0) is 13.1 Å². The van der Waals surface area contributed by atoms with Gasteiger partial charge in [-0.25, -0.2) is 0 Å². The Hall–Kier alpha value is -1.45. The van der Waals surface area contributed by atoms with Gasteiger partial charge in [-0.3, -0.25) is 0 Å². The van der Waals surface area contributed by atoms with Crippen LogP contribution in [-0.4, -0.2) is 13.1 Å². The fourth-order valence-electron chi connectivity index (χ4n) is 2.47. The van der Waals surface area contributed by atoms with Gasteiger partial charge >= 0.3 is 0 Å². The molecule has 3 nitrogen and oxygen atoms in total. The zero-order valence-corrected chi connectivity index (χ0v) is 12.4. The molecule has 1 heterocycles. The van der Waals surface area contributed by atoms with E-state index >= 15 is 0 Å². The Bertz CT molecular complexity index is 564. The lowest BCUT2D eigenvalue weighted by molar-refractivity contribution is 0.501. The molecule has 0 atom stereocenters. The maximum Gasteiger partial charge on any atom is 0.123 e. The van der Waals surface area contributed by atoms with Crippen molar-refractivity contribution in [2.45, 2.75) is 32.0 Å². The smallest absolute Gasteiger partial charge is 0.123 e. The first-order valence-electron chi connectivity index (χ1n) is 7.00. The second-order valence-corrected chi connectivity index (χ2v) is 5.66. The number of rotatable bonds is 6. The number of halogens is 1. The zero-order chi connectivity index (χ0) is 13.9. The number of benzene rings is 1. The minimum absolute atomic E-state index is 0.591. The average Bonchev–Trinajstić information content (AvgIpc) is 3.15. The van der Waals surface area contributed by atoms with Gasteiger partial charge in [0.25, 0.3) is 0 Å². The fourth-order valence-corrected chi connectivity index (χ4v) is 2.78.